The molecule has 2 unspecified atom stereocenters. The van der Waals surface area contributed by atoms with Gasteiger partial charge in [-0.25, -0.2) is 0 Å². The van der Waals surface area contributed by atoms with E-state index in [4.69, 9.17) is 0 Å². The van der Waals surface area contributed by atoms with Gasteiger partial charge in [0.2, 0.25) is 0 Å². The molecule has 3 atom stereocenters. The Kier molecular flexibility index (Phi) is 3.81. The average Bonchev–Trinajstić information content (AvgIpc) is 2.36. The zero-order chi connectivity index (χ0) is 8.27. The number of hydrogen-bond donors (Lipinski definition) is 1. The van der Waals surface area contributed by atoms with E-state index in [0.29, 0.717) is 0 Å². The second-order valence-electron chi connectivity index (χ2n) is 3.74. The van der Waals surface area contributed by atoms with Gasteiger partial charge < -0.3 is 5.32 Å². The van der Waals surface area contributed by atoms with Crippen molar-refractivity contribution in [3.05, 3.63) is 0 Å². The minimum absolute atomic E-state index is 0.268. The molecule has 1 rings (SSSR count). The maximum atomic E-state index is 3.29. The molecule has 0 aliphatic heterocycles. The van der Waals surface area contributed by atoms with E-state index in [1.54, 1.807) is 0 Å². The molecule has 0 saturated heterocycles. The van der Waals surface area contributed by atoms with Crippen LogP contribution in [0.1, 0.15) is 26.2 Å². The molecule has 11 heavy (non-hydrogen) atoms. The number of rotatable bonds is 3. The van der Waals surface area contributed by atoms with Crippen molar-refractivity contribution in [2.45, 2.75) is 31.8 Å². The van der Waals surface area contributed by atoms with Crippen molar-refractivity contribution in [1.29, 1.82) is 0 Å². The summed E-state index contributed by atoms with van der Waals surface area (Å²) in [6.45, 7) is 4.87. The molecule has 0 bridgehead atoms. The van der Waals surface area contributed by atoms with Crippen molar-refractivity contribution in [3.8, 4) is 0 Å². The van der Waals surface area contributed by atoms with Crippen LogP contribution in [0.25, 0.3) is 0 Å². The summed E-state index contributed by atoms with van der Waals surface area (Å²) < 4.78 is 0. The predicted octanol–water partition coefficient (Wildman–Crippen LogP) is 2.46. The van der Waals surface area contributed by atoms with Crippen LogP contribution in [0.5, 0.6) is 0 Å². The van der Waals surface area contributed by atoms with Gasteiger partial charge in [-0.3, -0.25) is 0 Å². The van der Waals surface area contributed by atoms with Crippen LogP contribution in [-0.2, 0) is 0 Å². The molecule has 1 nitrogen and oxygen atoms in total. The third-order valence-corrected chi connectivity index (χ3v) is 5.50. The maximum Gasteiger partial charge on any atom is 0.0152 e. The van der Waals surface area contributed by atoms with E-state index in [0.717, 1.165) is 11.6 Å². The summed E-state index contributed by atoms with van der Waals surface area (Å²) in [5.41, 5.74) is 1.05. The Labute approximate surface area is 71.7 Å². The molecule has 0 amide bonds. The smallest absolute Gasteiger partial charge is 0.0152 e. The first-order valence-corrected chi connectivity index (χ1v) is 6.65. The van der Waals surface area contributed by atoms with E-state index in [9.17, 15) is 0 Å². The van der Waals surface area contributed by atoms with Crippen LogP contribution in [-0.4, -0.2) is 25.7 Å². The van der Waals surface area contributed by atoms with Gasteiger partial charge in [0.15, 0.2) is 0 Å². The van der Waals surface area contributed by atoms with Crippen molar-refractivity contribution in [3.63, 3.8) is 0 Å². The summed E-state index contributed by atoms with van der Waals surface area (Å²) in [5, 5.41) is 3.29. The van der Waals surface area contributed by atoms with E-state index < -0.39 is 0 Å². The first-order chi connectivity index (χ1) is 5.25. The van der Waals surface area contributed by atoms with Crippen molar-refractivity contribution >= 4 is 7.92 Å². The SMILES string of the molecule is CNCP(C)C1CCC[C@@H]1C. The monoisotopic (exact) mass is 173 g/mol. The molecule has 0 spiro atoms. The second kappa shape index (κ2) is 4.42. The summed E-state index contributed by atoms with van der Waals surface area (Å²) >= 11 is 0. The van der Waals surface area contributed by atoms with E-state index in [-0.39, 0.29) is 7.92 Å². The molecule has 1 saturated carbocycles. The van der Waals surface area contributed by atoms with Gasteiger partial charge in [0.25, 0.3) is 0 Å². The highest BCUT2D eigenvalue weighted by Gasteiger charge is 2.27. The lowest BCUT2D eigenvalue weighted by molar-refractivity contribution is 0.617. The predicted molar refractivity (Wildman–Crippen MR) is 53.6 cm³/mol. The lowest BCUT2D eigenvalue weighted by Gasteiger charge is -2.23. The lowest BCUT2D eigenvalue weighted by atomic mass is 10.1. The summed E-state index contributed by atoms with van der Waals surface area (Å²) in [4.78, 5) is 0. The molecule has 0 radical (unpaired) electrons. The van der Waals surface area contributed by atoms with Gasteiger partial charge in [0.05, 0.1) is 0 Å². The number of nitrogens with one attached hydrogen (secondary N) is 1. The van der Waals surface area contributed by atoms with Crippen molar-refractivity contribution in [2.75, 3.05) is 20.0 Å². The highest BCUT2D eigenvalue weighted by molar-refractivity contribution is 7.57. The van der Waals surface area contributed by atoms with Gasteiger partial charge in [0, 0.05) is 6.29 Å². The molecule has 1 aliphatic rings. The average molecular weight is 173 g/mol. The van der Waals surface area contributed by atoms with Gasteiger partial charge in [0.1, 0.15) is 0 Å². The molecule has 1 aliphatic carbocycles. The fourth-order valence-electron chi connectivity index (χ4n) is 2.15. The van der Waals surface area contributed by atoms with Crippen LogP contribution in [0.3, 0.4) is 0 Å². The molecule has 0 aromatic heterocycles. The topological polar surface area (TPSA) is 12.0 Å². The van der Waals surface area contributed by atoms with Gasteiger partial charge in [-0.15, -0.1) is 0 Å². The van der Waals surface area contributed by atoms with E-state index in [2.05, 4.69) is 26.0 Å². The van der Waals surface area contributed by atoms with E-state index in [1.165, 1.54) is 25.5 Å². The van der Waals surface area contributed by atoms with Crippen LogP contribution in [0.4, 0.5) is 0 Å². The Hall–Kier alpha value is 0.390. The van der Waals surface area contributed by atoms with Gasteiger partial charge in [-0.1, -0.05) is 27.7 Å². The minimum atomic E-state index is 0.268. The van der Waals surface area contributed by atoms with Crippen molar-refractivity contribution in [1.82, 2.24) is 5.32 Å². The molecular weight excluding hydrogens is 153 g/mol. The van der Waals surface area contributed by atoms with E-state index in [1.807, 2.05) is 0 Å². The zero-order valence-electron chi connectivity index (χ0n) is 7.93. The molecule has 0 aromatic carbocycles. The molecule has 2 heteroatoms. The van der Waals surface area contributed by atoms with Crippen LogP contribution in [0.15, 0.2) is 0 Å². The second-order valence-corrected chi connectivity index (χ2v) is 6.24. The molecule has 1 N–H and O–H groups in total. The normalized spacial score (nSPS) is 34.1. The summed E-state index contributed by atoms with van der Waals surface area (Å²) in [7, 11) is 2.34. The highest BCUT2D eigenvalue weighted by Crippen LogP contribution is 2.47. The Bertz CT molecular complexity index is 116. The fraction of sp³-hybridized carbons (Fsp3) is 1.00. The largest absolute Gasteiger partial charge is 0.316 e. The zero-order valence-corrected chi connectivity index (χ0v) is 8.82. The Morgan fingerprint density at radius 2 is 2.18 bits per heavy atom. The van der Waals surface area contributed by atoms with Crippen LogP contribution in [0, 0.1) is 5.92 Å². The van der Waals surface area contributed by atoms with Crippen LogP contribution >= 0.6 is 7.92 Å². The van der Waals surface area contributed by atoms with Crippen LogP contribution in [0.2, 0.25) is 0 Å². The first kappa shape index (κ1) is 9.48. The van der Waals surface area contributed by atoms with Crippen LogP contribution < -0.4 is 5.32 Å². The summed E-state index contributed by atoms with van der Waals surface area (Å²) in [6.07, 6.45) is 5.69. The highest BCUT2D eigenvalue weighted by atomic mass is 31.1. The minimum Gasteiger partial charge on any atom is -0.316 e. The Balaban J connectivity index is 2.33. The van der Waals surface area contributed by atoms with Gasteiger partial charge >= 0.3 is 0 Å². The third-order valence-electron chi connectivity index (χ3n) is 2.79. The van der Waals surface area contributed by atoms with Crippen molar-refractivity contribution in [2.24, 2.45) is 5.92 Å². The van der Waals surface area contributed by atoms with Crippen molar-refractivity contribution < 1.29 is 0 Å². The van der Waals surface area contributed by atoms with E-state index >= 15 is 0 Å². The quantitative estimate of drug-likeness (QED) is 0.646. The fourth-order valence-corrected chi connectivity index (χ4v) is 4.52. The summed E-state index contributed by atoms with van der Waals surface area (Å²) in [5.74, 6) is 1.000. The Morgan fingerprint density at radius 3 is 2.64 bits per heavy atom. The standard InChI is InChI=1S/C9H20NP/c1-8-5-4-6-9(8)11(3)7-10-2/h8-10H,4-7H2,1-3H3/t8-,9?,11?/m0/s1. The summed E-state index contributed by atoms with van der Waals surface area (Å²) in [6, 6.07) is 0. The first-order valence-electron chi connectivity index (χ1n) is 4.60. The molecule has 66 valence electrons. The molecule has 0 aromatic rings. The maximum absolute atomic E-state index is 3.29. The van der Waals surface area contributed by atoms with Gasteiger partial charge in [-0.05, 0) is 31.7 Å². The molecule has 1 fully saturated rings. The lowest BCUT2D eigenvalue weighted by Crippen LogP contribution is -2.15. The molecule has 0 heterocycles. The third kappa shape index (κ3) is 2.42. The Morgan fingerprint density at radius 1 is 1.45 bits per heavy atom. The number of hydrogen-bond acceptors (Lipinski definition) is 1. The molecular formula is C9H20NP. The van der Waals surface area contributed by atoms with Gasteiger partial charge in [-0.2, -0.15) is 0 Å².